The molecule has 0 radical (unpaired) electrons. The number of aliphatic hydroxyl groups excluding tert-OH is 1. The molecule has 3 aliphatic rings. The number of hydrogen-bond acceptors (Lipinski definition) is 8. The van der Waals surface area contributed by atoms with Crippen molar-refractivity contribution in [2.75, 3.05) is 44.8 Å². The molecule has 3 aliphatic heterocycles. The van der Waals surface area contributed by atoms with Crippen LogP contribution in [0.5, 0.6) is 0 Å². The maximum absolute atomic E-state index is 12.6. The number of nitrogens with one attached hydrogen (secondary N) is 3. The van der Waals surface area contributed by atoms with E-state index in [4.69, 9.17) is 32.7 Å². The number of nitrogens with zero attached hydrogens (tertiary/aromatic N) is 3. The van der Waals surface area contributed by atoms with Gasteiger partial charge in [-0.25, -0.2) is 19.2 Å². The lowest BCUT2D eigenvalue weighted by atomic mass is 10.1. The molecule has 63 heavy (non-hydrogen) atoms. The highest BCUT2D eigenvalue weighted by Crippen LogP contribution is 2.21. The molecule has 4 aromatic carbocycles. The molecule has 0 unspecified atom stereocenters. The third-order valence-corrected chi connectivity index (χ3v) is 11.4. The summed E-state index contributed by atoms with van der Waals surface area (Å²) in [6, 6.07) is 29.5. The molecule has 0 bridgehead atoms. The second-order valence-electron chi connectivity index (χ2n) is 15.0. The second kappa shape index (κ2) is 28.3. The number of isocyanates is 1. The maximum Gasteiger partial charge on any atom is 0.411 e. The molecule has 0 saturated carbocycles. The molecule has 3 fully saturated rings. The molecule has 0 aromatic heterocycles. The van der Waals surface area contributed by atoms with Crippen LogP contribution in [0.25, 0.3) is 0 Å². The van der Waals surface area contributed by atoms with E-state index in [1.165, 1.54) is 30.0 Å². The number of rotatable bonds is 11. The molecule has 4 aromatic rings. The SMILES string of the molecule is C1CCOC1.CCc1ccc(N=C=O)cc1.CCc1ccc(NC(=O)OC[C@@H]2CCCN2C(=O)NCc2ccccc2Cl)cc1.O=C(NCc1ccccc1Cl)N1CCC[C@H]1CO. The Bertz CT molecular complexity index is 2040. The number of aliphatic hydroxyl groups is 1. The number of halogens is 2. The van der Waals surface area contributed by atoms with E-state index in [2.05, 4.69) is 34.8 Å². The van der Waals surface area contributed by atoms with Gasteiger partial charge in [0.1, 0.15) is 6.61 Å². The van der Waals surface area contributed by atoms with Gasteiger partial charge in [0.2, 0.25) is 6.08 Å². The number of aryl methyl sites for hydroxylation is 2. The molecule has 15 heteroatoms. The van der Waals surface area contributed by atoms with E-state index in [-0.39, 0.29) is 37.4 Å². The molecule has 13 nitrogen and oxygen atoms in total. The summed E-state index contributed by atoms with van der Waals surface area (Å²) in [5, 5.41) is 18.9. The lowest BCUT2D eigenvalue weighted by Crippen LogP contribution is -2.44. The highest BCUT2D eigenvalue weighted by molar-refractivity contribution is 6.31. The summed E-state index contributed by atoms with van der Waals surface area (Å²) in [6.45, 7) is 8.47. The summed E-state index contributed by atoms with van der Waals surface area (Å²) in [5.41, 5.74) is 5.56. The first kappa shape index (κ1) is 50.2. The van der Waals surface area contributed by atoms with Gasteiger partial charge in [0.05, 0.1) is 24.4 Å². The van der Waals surface area contributed by atoms with Crippen molar-refractivity contribution in [1.29, 1.82) is 0 Å². The van der Waals surface area contributed by atoms with Gasteiger partial charge in [-0.05, 0) is 110 Å². The largest absolute Gasteiger partial charge is 0.447 e. The number of hydrogen-bond donors (Lipinski definition) is 4. The molecule has 4 N–H and O–H groups in total. The molecular formula is C48H60Cl2N6O7. The van der Waals surface area contributed by atoms with Crippen LogP contribution in [0.1, 0.15) is 74.6 Å². The highest BCUT2D eigenvalue weighted by atomic mass is 35.5. The fraction of sp³-hybridized carbons (Fsp3) is 0.417. The summed E-state index contributed by atoms with van der Waals surface area (Å²) >= 11 is 12.2. The maximum atomic E-state index is 12.6. The molecule has 5 amide bonds. The molecule has 338 valence electrons. The van der Waals surface area contributed by atoms with Gasteiger partial charge in [0.25, 0.3) is 0 Å². The minimum Gasteiger partial charge on any atom is -0.447 e. The van der Waals surface area contributed by atoms with Crippen LogP contribution in [0.3, 0.4) is 0 Å². The van der Waals surface area contributed by atoms with Crippen LogP contribution in [-0.4, -0.2) is 90.7 Å². The first-order valence-corrected chi connectivity index (χ1v) is 22.3. The molecule has 0 spiro atoms. The summed E-state index contributed by atoms with van der Waals surface area (Å²) in [7, 11) is 0. The number of benzene rings is 4. The third-order valence-electron chi connectivity index (χ3n) is 10.6. The number of likely N-dealkylation sites (tertiary alicyclic amines) is 2. The lowest BCUT2D eigenvalue weighted by Gasteiger charge is -2.25. The van der Waals surface area contributed by atoms with E-state index < -0.39 is 6.09 Å². The van der Waals surface area contributed by atoms with E-state index in [9.17, 15) is 24.3 Å². The van der Waals surface area contributed by atoms with Gasteiger partial charge < -0.3 is 35.0 Å². The molecular weight excluding hydrogens is 843 g/mol. The van der Waals surface area contributed by atoms with Crippen molar-refractivity contribution in [2.24, 2.45) is 4.99 Å². The standard InChI is InChI=1S/C22H26ClN3O3.C13H17ClN2O2.C9H9NO.C4H8O/c1-2-16-9-11-18(12-10-16)25-22(28)29-15-19-7-5-13-26(19)21(27)24-14-17-6-3-4-8-20(17)23;14-12-6-2-1-4-10(12)8-15-13(18)16-7-3-5-11(16)9-17;1-2-8-3-5-9(6-4-8)10-7-11;1-2-4-5-3-1/h3-4,6,8-12,19H,2,5,7,13-15H2,1H3,(H,24,27)(H,25,28);1-2,4,6,11,17H,3,5,7-9H2,(H,15,18);3-6H,2H2,1H3;1-4H2/t19-;11-;;/m00../s1. The number of aliphatic imine (C=N–C) groups is 1. The van der Waals surface area contributed by atoms with Gasteiger partial charge in [0.15, 0.2) is 0 Å². The van der Waals surface area contributed by atoms with Gasteiger partial charge >= 0.3 is 18.2 Å². The Morgan fingerprint density at radius 1 is 0.730 bits per heavy atom. The third kappa shape index (κ3) is 17.7. The Morgan fingerprint density at radius 3 is 1.68 bits per heavy atom. The van der Waals surface area contributed by atoms with E-state index in [0.29, 0.717) is 47.6 Å². The quantitative estimate of drug-likeness (QED) is 0.0861. The van der Waals surface area contributed by atoms with Crippen molar-refractivity contribution < 1.29 is 33.8 Å². The van der Waals surface area contributed by atoms with E-state index >= 15 is 0 Å². The smallest absolute Gasteiger partial charge is 0.411 e. The zero-order valence-electron chi connectivity index (χ0n) is 36.2. The highest BCUT2D eigenvalue weighted by Gasteiger charge is 2.30. The van der Waals surface area contributed by atoms with Gasteiger partial charge in [-0.3, -0.25) is 5.32 Å². The van der Waals surface area contributed by atoms with Gasteiger partial charge in [-0.1, -0.05) is 97.7 Å². The molecule has 2 atom stereocenters. The molecule has 7 rings (SSSR count). The Kier molecular flexibility index (Phi) is 22.6. The van der Waals surface area contributed by atoms with Crippen LogP contribution < -0.4 is 16.0 Å². The van der Waals surface area contributed by atoms with Crippen LogP contribution >= 0.6 is 23.2 Å². The van der Waals surface area contributed by atoms with Crippen molar-refractivity contribution in [3.63, 3.8) is 0 Å². The normalized spacial score (nSPS) is 16.1. The minimum absolute atomic E-state index is 0.0273. The fourth-order valence-electron chi connectivity index (χ4n) is 6.92. The Labute approximate surface area is 381 Å². The first-order chi connectivity index (χ1) is 30.6. The van der Waals surface area contributed by atoms with E-state index in [1.54, 1.807) is 21.9 Å². The summed E-state index contributed by atoms with van der Waals surface area (Å²) in [6.07, 6.45) is 8.99. The van der Waals surface area contributed by atoms with Gasteiger partial charge in [-0.2, -0.15) is 4.99 Å². The number of ether oxygens (including phenoxy) is 2. The fourth-order valence-corrected chi connectivity index (χ4v) is 7.32. The van der Waals surface area contributed by atoms with Crippen molar-refractivity contribution in [2.45, 2.75) is 90.4 Å². The monoisotopic (exact) mass is 902 g/mol. The van der Waals surface area contributed by atoms with Crippen LogP contribution in [0.4, 0.5) is 25.8 Å². The Hall–Kier alpha value is -5.43. The first-order valence-electron chi connectivity index (χ1n) is 21.6. The Balaban J connectivity index is 0.000000215. The predicted molar refractivity (Wildman–Crippen MR) is 248 cm³/mol. The van der Waals surface area contributed by atoms with Crippen LogP contribution in [0, 0.1) is 0 Å². The molecule has 3 heterocycles. The zero-order chi connectivity index (χ0) is 45.2. The second-order valence-corrected chi connectivity index (χ2v) is 15.8. The zero-order valence-corrected chi connectivity index (χ0v) is 37.7. The van der Waals surface area contributed by atoms with Crippen molar-refractivity contribution >= 4 is 58.8 Å². The number of urea groups is 2. The average molecular weight is 904 g/mol. The lowest BCUT2D eigenvalue weighted by molar-refractivity contribution is 0.123. The summed E-state index contributed by atoms with van der Waals surface area (Å²) < 4.78 is 10.3. The predicted octanol–water partition coefficient (Wildman–Crippen LogP) is 9.84. The number of carbonyl (C=O) groups excluding carboxylic acids is 4. The van der Waals surface area contributed by atoms with Gasteiger partial charge in [-0.15, -0.1) is 0 Å². The van der Waals surface area contributed by atoms with Crippen LogP contribution in [-0.2, 0) is 40.2 Å². The average Bonchev–Trinajstić information content (AvgIpc) is 4.14. The van der Waals surface area contributed by atoms with Crippen molar-refractivity contribution in [1.82, 2.24) is 20.4 Å². The summed E-state index contributed by atoms with van der Waals surface area (Å²) in [4.78, 5) is 53.3. The number of anilines is 1. The van der Waals surface area contributed by atoms with Crippen molar-refractivity contribution in [3.8, 4) is 0 Å². The van der Waals surface area contributed by atoms with E-state index in [0.717, 1.165) is 62.9 Å². The van der Waals surface area contributed by atoms with Crippen LogP contribution in [0.15, 0.2) is 102 Å². The van der Waals surface area contributed by atoms with Crippen molar-refractivity contribution in [3.05, 3.63) is 129 Å². The number of amides is 5. The van der Waals surface area contributed by atoms with E-state index in [1.807, 2.05) is 84.9 Å². The van der Waals surface area contributed by atoms with Gasteiger partial charge in [0, 0.05) is 55.1 Å². The minimum atomic E-state index is -0.516. The number of carbonyl (C=O) groups is 3. The summed E-state index contributed by atoms with van der Waals surface area (Å²) in [5.74, 6) is 0. The Morgan fingerprint density at radius 2 is 1.22 bits per heavy atom. The van der Waals surface area contributed by atoms with Crippen LogP contribution in [0.2, 0.25) is 10.0 Å². The molecule has 0 aliphatic carbocycles. The topological polar surface area (TPSA) is 162 Å². The molecule has 3 saturated heterocycles.